The molecule has 0 aromatic heterocycles. The Hall–Kier alpha value is -0.910. The van der Waals surface area contributed by atoms with Gasteiger partial charge in [-0.25, -0.2) is 8.42 Å². The first-order valence-electron chi connectivity index (χ1n) is 6.00. The van der Waals surface area contributed by atoms with Gasteiger partial charge in [-0.3, -0.25) is 0 Å². The maximum atomic E-state index is 12.2. The van der Waals surface area contributed by atoms with Crippen LogP contribution < -0.4 is 0 Å². The van der Waals surface area contributed by atoms with Crippen molar-refractivity contribution in [2.45, 2.75) is 25.6 Å². The van der Waals surface area contributed by atoms with Crippen LogP contribution in [0.5, 0.6) is 0 Å². The van der Waals surface area contributed by atoms with Crippen molar-refractivity contribution >= 4 is 10.0 Å². The third-order valence-corrected chi connectivity index (χ3v) is 4.93. The summed E-state index contributed by atoms with van der Waals surface area (Å²) < 4.78 is 30.9. The van der Waals surface area contributed by atoms with Crippen LogP contribution in [0.1, 0.15) is 19.4 Å². The van der Waals surface area contributed by atoms with Crippen LogP contribution in [0.25, 0.3) is 0 Å². The first-order valence-corrected chi connectivity index (χ1v) is 7.50. The fraction of sp³-hybridized carbons (Fsp3) is 0.538. The van der Waals surface area contributed by atoms with Gasteiger partial charge in [-0.15, -0.1) is 0 Å². The third kappa shape index (κ3) is 4.08. The molecule has 4 nitrogen and oxygen atoms in total. The van der Waals surface area contributed by atoms with E-state index in [4.69, 9.17) is 4.74 Å². The lowest BCUT2D eigenvalue weighted by molar-refractivity contribution is 0.177. The monoisotopic (exact) mass is 271 g/mol. The molecule has 0 unspecified atom stereocenters. The molecular weight excluding hydrogens is 250 g/mol. The van der Waals surface area contributed by atoms with Crippen molar-refractivity contribution in [2.75, 3.05) is 20.3 Å². The minimum atomic E-state index is -3.26. The van der Waals surface area contributed by atoms with E-state index >= 15 is 0 Å². The van der Waals surface area contributed by atoms with E-state index in [1.807, 2.05) is 30.3 Å². The molecule has 0 amide bonds. The summed E-state index contributed by atoms with van der Waals surface area (Å²) in [5.41, 5.74) is 0.984. The van der Waals surface area contributed by atoms with E-state index in [1.54, 1.807) is 21.0 Å². The Labute approximate surface area is 110 Å². The van der Waals surface area contributed by atoms with Gasteiger partial charge >= 0.3 is 0 Å². The van der Waals surface area contributed by atoms with Crippen molar-refractivity contribution in [1.82, 2.24) is 4.31 Å². The van der Waals surface area contributed by atoms with Gasteiger partial charge in [0.25, 0.3) is 0 Å². The summed E-state index contributed by atoms with van der Waals surface area (Å²) >= 11 is 0. The predicted molar refractivity (Wildman–Crippen MR) is 72.8 cm³/mol. The maximum absolute atomic E-state index is 12.2. The first kappa shape index (κ1) is 15.1. The molecule has 0 radical (unpaired) electrons. The average molecular weight is 271 g/mol. The topological polar surface area (TPSA) is 46.6 Å². The van der Waals surface area contributed by atoms with Crippen molar-refractivity contribution < 1.29 is 13.2 Å². The second kappa shape index (κ2) is 6.87. The van der Waals surface area contributed by atoms with Gasteiger partial charge < -0.3 is 4.74 Å². The lowest BCUT2D eigenvalue weighted by atomic mass is 10.2. The van der Waals surface area contributed by atoms with E-state index in [1.165, 1.54) is 4.31 Å². The van der Waals surface area contributed by atoms with E-state index in [0.29, 0.717) is 19.7 Å². The normalized spacial score (nSPS) is 12.3. The average Bonchev–Trinajstić information content (AvgIpc) is 2.35. The van der Waals surface area contributed by atoms with Gasteiger partial charge in [0.05, 0.1) is 11.9 Å². The van der Waals surface area contributed by atoms with Gasteiger partial charge in [0.15, 0.2) is 0 Å². The van der Waals surface area contributed by atoms with Crippen LogP contribution in [0.15, 0.2) is 30.3 Å². The Kier molecular flexibility index (Phi) is 5.78. The van der Waals surface area contributed by atoms with Gasteiger partial charge in [-0.1, -0.05) is 30.3 Å². The number of methoxy groups -OCH3 is 1. The highest BCUT2D eigenvalue weighted by Gasteiger charge is 2.25. The molecule has 0 atom stereocenters. The van der Waals surface area contributed by atoms with Crippen LogP contribution in [0, 0.1) is 0 Å². The van der Waals surface area contributed by atoms with Crippen molar-refractivity contribution in [1.29, 1.82) is 0 Å². The second-order valence-corrected chi connectivity index (χ2v) is 6.89. The number of hydrogen-bond acceptors (Lipinski definition) is 3. The third-order valence-electron chi connectivity index (χ3n) is 2.70. The Balaban J connectivity index is 2.86. The van der Waals surface area contributed by atoms with Crippen molar-refractivity contribution in [3.63, 3.8) is 0 Å². The molecule has 0 aliphatic rings. The molecule has 0 heterocycles. The smallest absolute Gasteiger partial charge is 0.216 e. The number of nitrogens with zero attached hydrogens (tertiary/aromatic N) is 1. The summed E-state index contributed by atoms with van der Waals surface area (Å²) in [5, 5.41) is -0.418. The van der Waals surface area contributed by atoms with Gasteiger partial charge in [0, 0.05) is 20.2 Å². The van der Waals surface area contributed by atoms with Crippen LogP contribution >= 0.6 is 0 Å². The zero-order chi connectivity index (χ0) is 13.6. The molecule has 0 aliphatic carbocycles. The molecule has 18 heavy (non-hydrogen) atoms. The van der Waals surface area contributed by atoms with Gasteiger partial charge in [0.1, 0.15) is 0 Å². The number of rotatable bonds is 7. The van der Waals surface area contributed by atoms with Crippen molar-refractivity contribution in [2.24, 2.45) is 0 Å². The lowest BCUT2D eigenvalue weighted by Crippen LogP contribution is -2.38. The fourth-order valence-electron chi connectivity index (χ4n) is 1.57. The summed E-state index contributed by atoms with van der Waals surface area (Å²) in [6.07, 6.45) is 0. The Morgan fingerprint density at radius 1 is 1.22 bits per heavy atom. The number of benzene rings is 1. The Bertz CT molecular complexity index is 443. The molecule has 0 saturated heterocycles. The van der Waals surface area contributed by atoms with E-state index in [0.717, 1.165) is 5.56 Å². The summed E-state index contributed by atoms with van der Waals surface area (Å²) in [4.78, 5) is 0. The van der Waals surface area contributed by atoms with Gasteiger partial charge in [-0.05, 0) is 19.4 Å². The van der Waals surface area contributed by atoms with E-state index in [2.05, 4.69) is 0 Å². The van der Waals surface area contributed by atoms with Crippen LogP contribution in [-0.2, 0) is 21.3 Å². The lowest BCUT2D eigenvalue weighted by Gasteiger charge is -2.24. The van der Waals surface area contributed by atoms with Crippen molar-refractivity contribution in [3.05, 3.63) is 35.9 Å². The van der Waals surface area contributed by atoms with Gasteiger partial charge in [-0.2, -0.15) is 4.31 Å². The molecule has 1 aromatic carbocycles. The molecule has 102 valence electrons. The standard InChI is InChI=1S/C13H21NO3S/c1-12(2)18(15,16)14(9-10-17-3)11-13-7-5-4-6-8-13/h4-8,12H,9-11H2,1-3H3. The first-order chi connectivity index (χ1) is 8.48. The highest BCUT2D eigenvalue weighted by molar-refractivity contribution is 7.89. The van der Waals surface area contributed by atoms with E-state index < -0.39 is 15.3 Å². The minimum absolute atomic E-state index is 0.381. The predicted octanol–water partition coefficient (Wildman–Crippen LogP) is 1.87. The Morgan fingerprint density at radius 2 is 1.83 bits per heavy atom. The summed E-state index contributed by atoms with van der Waals surface area (Å²) in [5.74, 6) is 0. The molecule has 0 spiro atoms. The molecular formula is C13H21NO3S. The highest BCUT2D eigenvalue weighted by atomic mass is 32.2. The zero-order valence-corrected chi connectivity index (χ0v) is 12.0. The number of hydrogen-bond donors (Lipinski definition) is 0. The van der Waals surface area contributed by atoms with Gasteiger partial charge in [0.2, 0.25) is 10.0 Å². The molecule has 0 bridgehead atoms. The zero-order valence-electron chi connectivity index (χ0n) is 11.2. The van der Waals surface area contributed by atoms with Crippen molar-refractivity contribution in [3.8, 4) is 0 Å². The second-order valence-electron chi connectivity index (χ2n) is 4.41. The van der Waals surface area contributed by atoms with E-state index in [9.17, 15) is 8.42 Å². The molecule has 1 rings (SSSR count). The molecule has 0 N–H and O–H groups in total. The number of ether oxygens (including phenoxy) is 1. The van der Waals surface area contributed by atoms with Crippen LogP contribution in [0.3, 0.4) is 0 Å². The minimum Gasteiger partial charge on any atom is -0.383 e. The maximum Gasteiger partial charge on any atom is 0.216 e. The molecule has 0 fully saturated rings. The van der Waals surface area contributed by atoms with Crippen LogP contribution in [0.4, 0.5) is 0 Å². The van der Waals surface area contributed by atoms with E-state index in [-0.39, 0.29) is 0 Å². The molecule has 0 aliphatic heterocycles. The summed E-state index contributed by atoms with van der Waals surface area (Å²) in [7, 11) is -1.68. The number of sulfonamides is 1. The SMILES string of the molecule is COCCN(Cc1ccccc1)S(=O)(=O)C(C)C. The van der Waals surface area contributed by atoms with Crippen LogP contribution in [-0.4, -0.2) is 38.2 Å². The molecule has 5 heteroatoms. The fourth-order valence-corrected chi connectivity index (χ4v) is 2.83. The highest BCUT2D eigenvalue weighted by Crippen LogP contribution is 2.13. The summed E-state index contributed by atoms with van der Waals surface area (Å²) in [6.45, 7) is 4.57. The molecule has 0 saturated carbocycles. The quantitative estimate of drug-likeness (QED) is 0.760. The Morgan fingerprint density at radius 3 is 2.33 bits per heavy atom. The molecule has 1 aromatic rings. The largest absolute Gasteiger partial charge is 0.383 e. The summed E-state index contributed by atoms with van der Waals surface area (Å²) in [6, 6.07) is 9.59. The van der Waals surface area contributed by atoms with Crippen LogP contribution in [0.2, 0.25) is 0 Å².